The molecule has 2 fully saturated rings. The van der Waals surface area contributed by atoms with Crippen molar-refractivity contribution < 1.29 is 4.79 Å². The molecular formula is C22H27N3O. The van der Waals surface area contributed by atoms with Gasteiger partial charge in [0.05, 0.1) is 17.7 Å². The third kappa shape index (κ3) is 3.65. The summed E-state index contributed by atoms with van der Waals surface area (Å²) in [4.78, 5) is 20.1. The highest BCUT2D eigenvalue weighted by atomic mass is 16.2. The molecule has 2 aliphatic rings. The molecule has 0 spiro atoms. The Morgan fingerprint density at radius 3 is 2.69 bits per heavy atom. The van der Waals surface area contributed by atoms with Crippen molar-refractivity contribution in [3.8, 4) is 0 Å². The van der Waals surface area contributed by atoms with E-state index in [9.17, 15) is 4.79 Å². The normalized spacial score (nSPS) is 26.9. The van der Waals surface area contributed by atoms with E-state index in [1.807, 2.05) is 36.4 Å². The molecule has 4 heteroatoms. The highest BCUT2D eigenvalue weighted by Crippen LogP contribution is 2.33. The first kappa shape index (κ1) is 17.2. The smallest absolute Gasteiger partial charge is 0.225 e. The highest BCUT2D eigenvalue weighted by Gasteiger charge is 2.37. The molecule has 1 aromatic heterocycles. The Hall–Kier alpha value is -2.20. The van der Waals surface area contributed by atoms with Gasteiger partial charge in [0.1, 0.15) is 0 Å². The first-order valence-corrected chi connectivity index (χ1v) is 9.71. The summed E-state index contributed by atoms with van der Waals surface area (Å²) in [5, 5.41) is 3.28. The van der Waals surface area contributed by atoms with Gasteiger partial charge in [-0.25, -0.2) is 0 Å². The molecule has 0 bridgehead atoms. The largest absolute Gasteiger partial charge is 0.343 e. The number of hydrogen-bond acceptors (Lipinski definition) is 3. The van der Waals surface area contributed by atoms with Gasteiger partial charge in [-0.3, -0.25) is 14.7 Å². The lowest BCUT2D eigenvalue weighted by Crippen LogP contribution is -2.46. The Kier molecular flexibility index (Phi) is 5.02. The lowest BCUT2D eigenvalue weighted by Gasteiger charge is -2.35. The van der Waals surface area contributed by atoms with E-state index in [0.29, 0.717) is 6.04 Å². The van der Waals surface area contributed by atoms with E-state index in [4.69, 9.17) is 0 Å². The molecule has 0 saturated carbocycles. The van der Waals surface area contributed by atoms with E-state index in [2.05, 4.69) is 34.3 Å². The molecular weight excluding hydrogens is 322 g/mol. The third-order valence-electron chi connectivity index (χ3n) is 5.81. The summed E-state index contributed by atoms with van der Waals surface area (Å²) in [6.07, 6.45) is 5.20. The molecule has 3 heterocycles. The second-order valence-corrected chi connectivity index (χ2v) is 7.83. The van der Waals surface area contributed by atoms with Gasteiger partial charge >= 0.3 is 0 Å². The molecule has 1 amide bonds. The molecule has 2 aromatic rings. The Morgan fingerprint density at radius 2 is 1.92 bits per heavy atom. The van der Waals surface area contributed by atoms with E-state index < -0.39 is 0 Å². The van der Waals surface area contributed by atoms with E-state index in [1.54, 1.807) is 6.20 Å². The summed E-state index contributed by atoms with van der Waals surface area (Å²) < 4.78 is 0. The quantitative estimate of drug-likeness (QED) is 0.920. The van der Waals surface area contributed by atoms with Gasteiger partial charge in [-0.1, -0.05) is 43.3 Å². The number of hydrogen-bond donors (Lipinski definition) is 1. The van der Waals surface area contributed by atoms with Crippen LogP contribution in [0.5, 0.6) is 0 Å². The van der Waals surface area contributed by atoms with Crippen LogP contribution in [0.2, 0.25) is 0 Å². The molecule has 2 saturated heterocycles. The van der Waals surface area contributed by atoms with Gasteiger partial charge in [-0.15, -0.1) is 0 Å². The van der Waals surface area contributed by atoms with Crippen molar-refractivity contribution >= 4 is 5.91 Å². The summed E-state index contributed by atoms with van der Waals surface area (Å²) in [6.45, 7) is 4.35. The van der Waals surface area contributed by atoms with Gasteiger partial charge in [0.15, 0.2) is 0 Å². The fourth-order valence-electron chi connectivity index (χ4n) is 4.52. The number of pyridine rings is 1. The molecule has 2 aliphatic heterocycles. The standard InChI is InChI=1S/C22H27N3O/c1-16-13-19-11-10-18(15-25(19)14-16)22(26)24-21(17-7-3-2-4-8-17)20-9-5-6-12-23-20/h2-9,12,16,18-19,21H,10-11,13-15H2,1H3,(H,24,26). The number of nitrogens with zero attached hydrogens (tertiary/aromatic N) is 2. The Labute approximate surface area is 155 Å². The summed E-state index contributed by atoms with van der Waals surface area (Å²) in [5.74, 6) is 0.987. The lowest BCUT2D eigenvalue weighted by molar-refractivity contribution is -0.127. The second-order valence-electron chi connectivity index (χ2n) is 7.83. The van der Waals surface area contributed by atoms with Crippen LogP contribution >= 0.6 is 0 Å². The predicted octanol–water partition coefficient (Wildman–Crippen LogP) is 3.41. The maximum Gasteiger partial charge on any atom is 0.225 e. The fraction of sp³-hybridized carbons (Fsp3) is 0.455. The molecule has 4 nitrogen and oxygen atoms in total. The van der Waals surface area contributed by atoms with Crippen LogP contribution in [0.4, 0.5) is 0 Å². The molecule has 4 unspecified atom stereocenters. The summed E-state index contributed by atoms with van der Waals surface area (Å²) >= 11 is 0. The maximum atomic E-state index is 13.1. The van der Waals surface area contributed by atoms with Crippen molar-refractivity contribution in [2.45, 2.75) is 38.3 Å². The van der Waals surface area contributed by atoms with Crippen LogP contribution < -0.4 is 5.32 Å². The average Bonchev–Trinajstić information content (AvgIpc) is 3.06. The van der Waals surface area contributed by atoms with Gasteiger partial charge in [-0.05, 0) is 42.9 Å². The number of aromatic nitrogens is 1. The number of nitrogens with one attached hydrogen (secondary N) is 1. The van der Waals surface area contributed by atoms with E-state index in [1.165, 1.54) is 6.42 Å². The first-order valence-electron chi connectivity index (χ1n) is 9.71. The topological polar surface area (TPSA) is 45.2 Å². The van der Waals surface area contributed by atoms with Crippen LogP contribution in [0.3, 0.4) is 0 Å². The number of benzene rings is 1. The summed E-state index contributed by atoms with van der Waals surface area (Å²) in [7, 11) is 0. The van der Waals surface area contributed by atoms with Crippen molar-refractivity contribution in [3.05, 3.63) is 66.0 Å². The first-order chi connectivity index (χ1) is 12.7. The molecule has 4 atom stereocenters. The van der Waals surface area contributed by atoms with Gasteiger partial charge in [0.25, 0.3) is 0 Å². The molecule has 0 radical (unpaired) electrons. The number of piperidine rings is 1. The van der Waals surface area contributed by atoms with Crippen LogP contribution in [-0.4, -0.2) is 34.9 Å². The Bertz CT molecular complexity index is 694. The van der Waals surface area contributed by atoms with E-state index in [0.717, 1.165) is 43.1 Å². The number of fused-ring (bicyclic) bond motifs is 1. The predicted molar refractivity (Wildman–Crippen MR) is 103 cm³/mol. The van der Waals surface area contributed by atoms with E-state index in [-0.39, 0.29) is 17.9 Å². The maximum absolute atomic E-state index is 13.1. The van der Waals surface area contributed by atoms with Gasteiger partial charge in [0.2, 0.25) is 5.91 Å². The molecule has 0 aliphatic carbocycles. The van der Waals surface area contributed by atoms with Crippen molar-refractivity contribution in [1.82, 2.24) is 15.2 Å². The second kappa shape index (κ2) is 7.58. The van der Waals surface area contributed by atoms with Crippen molar-refractivity contribution in [2.75, 3.05) is 13.1 Å². The zero-order chi connectivity index (χ0) is 17.9. The highest BCUT2D eigenvalue weighted by molar-refractivity contribution is 5.80. The van der Waals surface area contributed by atoms with Gasteiger partial charge in [-0.2, -0.15) is 0 Å². The summed E-state index contributed by atoms with van der Waals surface area (Å²) in [5.41, 5.74) is 1.96. The van der Waals surface area contributed by atoms with Gasteiger partial charge in [0, 0.05) is 25.3 Å². The molecule has 136 valence electrons. The summed E-state index contributed by atoms with van der Waals surface area (Å²) in [6, 6.07) is 16.5. The lowest BCUT2D eigenvalue weighted by atomic mass is 9.91. The van der Waals surface area contributed by atoms with Crippen LogP contribution in [0.1, 0.15) is 43.5 Å². The third-order valence-corrected chi connectivity index (χ3v) is 5.81. The number of carbonyl (C=O) groups excluding carboxylic acids is 1. The number of rotatable bonds is 4. The minimum Gasteiger partial charge on any atom is -0.343 e. The van der Waals surface area contributed by atoms with Crippen LogP contribution in [-0.2, 0) is 4.79 Å². The molecule has 1 N–H and O–H groups in total. The number of amides is 1. The molecule has 4 rings (SSSR count). The molecule has 26 heavy (non-hydrogen) atoms. The minimum absolute atomic E-state index is 0.0754. The van der Waals surface area contributed by atoms with Crippen molar-refractivity contribution in [2.24, 2.45) is 11.8 Å². The monoisotopic (exact) mass is 349 g/mol. The van der Waals surface area contributed by atoms with Crippen LogP contribution in [0.25, 0.3) is 0 Å². The Balaban J connectivity index is 1.50. The zero-order valence-electron chi connectivity index (χ0n) is 15.3. The minimum atomic E-state index is -0.194. The van der Waals surface area contributed by atoms with Crippen LogP contribution in [0, 0.1) is 11.8 Å². The van der Waals surface area contributed by atoms with E-state index >= 15 is 0 Å². The fourth-order valence-corrected chi connectivity index (χ4v) is 4.52. The van der Waals surface area contributed by atoms with Crippen molar-refractivity contribution in [3.63, 3.8) is 0 Å². The van der Waals surface area contributed by atoms with Gasteiger partial charge < -0.3 is 5.32 Å². The van der Waals surface area contributed by atoms with Crippen molar-refractivity contribution in [1.29, 1.82) is 0 Å². The van der Waals surface area contributed by atoms with Crippen LogP contribution in [0.15, 0.2) is 54.7 Å². The molecule has 1 aromatic carbocycles. The average molecular weight is 349 g/mol. The Morgan fingerprint density at radius 1 is 1.12 bits per heavy atom. The SMILES string of the molecule is CC1CC2CCC(C(=O)NC(c3ccccc3)c3ccccn3)CN2C1. The zero-order valence-corrected chi connectivity index (χ0v) is 15.3. The number of carbonyl (C=O) groups is 1.